The van der Waals surface area contributed by atoms with E-state index in [9.17, 15) is 0 Å². The maximum atomic E-state index is 5.56. The summed E-state index contributed by atoms with van der Waals surface area (Å²) in [5.74, 6) is 2.41. The average molecular weight is 248 g/mol. The van der Waals surface area contributed by atoms with E-state index in [1.54, 1.807) is 20.3 Å². The van der Waals surface area contributed by atoms with Crippen LogP contribution in [-0.2, 0) is 6.42 Å². The molecule has 0 fully saturated rings. The van der Waals surface area contributed by atoms with E-state index in [1.807, 2.05) is 12.1 Å². The summed E-state index contributed by atoms with van der Waals surface area (Å²) >= 11 is 0. The number of hydrogen-bond acceptors (Lipinski definition) is 5. The summed E-state index contributed by atoms with van der Waals surface area (Å²) in [4.78, 5) is 0. The number of nitrogens with zero attached hydrogens (tertiary/aromatic N) is 1. The van der Waals surface area contributed by atoms with Gasteiger partial charge in [0.25, 0.3) is 0 Å². The Labute approximate surface area is 105 Å². The highest BCUT2D eigenvalue weighted by Crippen LogP contribution is 2.36. The summed E-state index contributed by atoms with van der Waals surface area (Å²) < 4.78 is 15.9. The largest absolute Gasteiger partial charge is 0.496 e. The van der Waals surface area contributed by atoms with Crippen molar-refractivity contribution < 1.29 is 14.0 Å². The van der Waals surface area contributed by atoms with E-state index >= 15 is 0 Å². The third kappa shape index (κ3) is 2.11. The van der Waals surface area contributed by atoms with E-state index in [4.69, 9.17) is 19.7 Å². The van der Waals surface area contributed by atoms with Crippen molar-refractivity contribution in [2.75, 3.05) is 20.0 Å². The van der Waals surface area contributed by atoms with Crippen LogP contribution in [-0.4, -0.2) is 19.4 Å². The molecule has 0 unspecified atom stereocenters. The van der Waals surface area contributed by atoms with Crippen LogP contribution in [0.4, 0.5) is 5.82 Å². The van der Waals surface area contributed by atoms with Crippen LogP contribution in [0.1, 0.15) is 12.5 Å². The van der Waals surface area contributed by atoms with Crippen LogP contribution >= 0.6 is 0 Å². The highest BCUT2D eigenvalue weighted by Gasteiger charge is 2.15. The number of nitrogens with two attached hydrogens (primary N) is 1. The molecule has 0 atom stereocenters. The lowest BCUT2D eigenvalue weighted by Gasteiger charge is -2.12. The van der Waals surface area contributed by atoms with Gasteiger partial charge in [0.15, 0.2) is 11.6 Å². The van der Waals surface area contributed by atoms with Gasteiger partial charge in [0.2, 0.25) is 0 Å². The second-order valence-corrected chi connectivity index (χ2v) is 3.83. The number of benzene rings is 1. The van der Waals surface area contributed by atoms with Crippen LogP contribution < -0.4 is 15.2 Å². The molecule has 2 aromatic rings. The molecular formula is C13H16N2O3. The lowest BCUT2D eigenvalue weighted by molar-refractivity contribution is 0.395. The van der Waals surface area contributed by atoms with Gasteiger partial charge in [0, 0.05) is 6.07 Å². The van der Waals surface area contributed by atoms with Gasteiger partial charge in [0.05, 0.1) is 19.8 Å². The first-order valence-electron chi connectivity index (χ1n) is 5.67. The fourth-order valence-corrected chi connectivity index (χ4v) is 1.85. The Morgan fingerprint density at radius 2 is 1.89 bits per heavy atom. The molecule has 0 aliphatic heterocycles. The second kappa shape index (κ2) is 5.00. The number of aryl methyl sites for hydroxylation is 1. The van der Waals surface area contributed by atoms with Gasteiger partial charge in [-0.3, -0.25) is 0 Å². The van der Waals surface area contributed by atoms with E-state index in [-0.39, 0.29) is 0 Å². The molecule has 5 nitrogen and oxygen atoms in total. The van der Waals surface area contributed by atoms with Crippen molar-refractivity contribution in [1.82, 2.24) is 5.16 Å². The van der Waals surface area contributed by atoms with Crippen molar-refractivity contribution in [3.63, 3.8) is 0 Å². The highest BCUT2D eigenvalue weighted by molar-refractivity contribution is 5.70. The molecule has 1 aromatic heterocycles. The first-order chi connectivity index (χ1) is 8.69. The van der Waals surface area contributed by atoms with E-state index < -0.39 is 0 Å². The van der Waals surface area contributed by atoms with E-state index in [1.165, 1.54) is 0 Å². The van der Waals surface area contributed by atoms with E-state index in [0.717, 1.165) is 23.3 Å². The minimum absolute atomic E-state index is 0.339. The van der Waals surface area contributed by atoms with Crippen LogP contribution in [0.3, 0.4) is 0 Å². The van der Waals surface area contributed by atoms with Crippen molar-refractivity contribution >= 4 is 5.82 Å². The van der Waals surface area contributed by atoms with E-state index in [2.05, 4.69) is 12.1 Å². The normalized spacial score (nSPS) is 10.4. The Morgan fingerprint density at radius 3 is 2.39 bits per heavy atom. The van der Waals surface area contributed by atoms with Gasteiger partial charge in [0.1, 0.15) is 11.5 Å². The predicted octanol–water partition coefficient (Wildman–Crippen LogP) is 2.50. The van der Waals surface area contributed by atoms with Crippen LogP contribution in [0.5, 0.6) is 11.5 Å². The van der Waals surface area contributed by atoms with Gasteiger partial charge in [-0.25, -0.2) is 0 Å². The number of ether oxygens (including phenoxy) is 2. The van der Waals surface area contributed by atoms with Gasteiger partial charge < -0.3 is 19.7 Å². The van der Waals surface area contributed by atoms with Crippen molar-refractivity contribution in [2.24, 2.45) is 0 Å². The molecule has 2 rings (SSSR count). The molecule has 2 N–H and O–H groups in total. The van der Waals surface area contributed by atoms with Crippen molar-refractivity contribution in [2.45, 2.75) is 13.3 Å². The Hall–Kier alpha value is -2.17. The summed E-state index contributed by atoms with van der Waals surface area (Å²) in [7, 11) is 3.25. The molecular weight excluding hydrogens is 232 g/mol. The Bertz CT molecular complexity index is 549. The number of aromatic nitrogens is 1. The zero-order valence-electron chi connectivity index (χ0n) is 10.7. The van der Waals surface area contributed by atoms with Gasteiger partial charge >= 0.3 is 0 Å². The second-order valence-electron chi connectivity index (χ2n) is 3.83. The molecule has 1 heterocycles. The van der Waals surface area contributed by atoms with Gasteiger partial charge in [-0.2, -0.15) is 0 Å². The number of hydrogen-bond donors (Lipinski definition) is 1. The summed E-state index contributed by atoms with van der Waals surface area (Å²) in [5.41, 5.74) is 7.41. The Balaban J connectivity index is 2.58. The number of methoxy groups -OCH3 is 2. The average Bonchev–Trinajstić information content (AvgIpc) is 2.83. The van der Waals surface area contributed by atoms with E-state index in [0.29, 0.717) is 17.3 Å². The maximum absolute atomic E-state index is 5.56. The molecule has 0 amide bonds. The Morgan fingerprint density at radius 1 is 1.17 bits per heavy atom. The van der Waals surface area contributed by atoms with Gasteiger partial charge in [-0.05, 0) is 24.1 Å². The SMILES string of the molecule is CCc1cc(OC)c(-c2cc(N)no2)cc1OC. The molecule has 96 valence electrons. The minimum atomic E-state index is 0.339. The van der Waals surface area contributed by atoms with Crippen molar-refractivity contribution in [3.05, 3.63) is 23.8 Å². The Kier molecular flexibility index (Phi) is 3.41. The van der Waals surface area contributed by atoms with Crippen LogP contribution in [0.15, 0.2) is 22.7 Å². The summed E-state index contributed by atoms with van der Waals surface area (Å²) in [6, 6.07) is 5.47. The molecule has 0 radical (unpaired) electrons. The number of nitrogen functional groups attached to an aromatic ring is 1. The molecule has 0 saturated carbocycles. The lowest BCUT2D eigenvalue weighted by Crippen LogP contribution is -1.95. The van der Waals surface area contributed by atoms with Gasteiger partial charge in [-0.15, -0.1) is 0 Å². The zero-order chi connectivity index (χ0) is 13.1. The molecule has 0 bridgehead atoms. The van der Waals surface area contributed by atoms with Crippen molar-refractivity contribution in [3.8, 4) is 22.8 Å². The summed E-state index contributed by atoms with van der Waals surface area (Å²) in [6.45, 7) is 2.06. The molecule has 18 heavy (non-hydrogen) atoms. The fourth-order valence-electron chi connectivity index (χ4n) is 1.85. The molecule has 0 spiro atoms. The predicted molar refractivity (Wildman–Crippen MR) is 68.8 cm³/mol. The summed E-state index contributed by atoms with van der Waals surface area (Å²) in [6.07, 6.45) is 0.859. The first kappa shape index (κ1) is 12.3. The van der Waals surface area contributed by atoms with Crippen LogP contribution in [0, 0.1) is 0 Å². The molecule has 0 aliphatic rings. The first-order valence-corrected chi connectivity index (χ1v) is 5.67. The van der Waals surface area contributed by atoms with Gasteiger partial charge in [-0.1, -0.05) is 12.1 Å². The standard InChI is InChI=1S/C13H16N2O3/c1-4-8-5-11(17-3)9(6-10(8)16-2)12-7-13(14)15-18-12/h5-7H,4H2,1-3H3,(H2,14,15). The maximum Gasteiger partial charge on any atom is 0.172 e. The zero-order valence-corrected chi connectivity index (χ0v) is 10.7. The lowest BCUT2D eigenvalue weighted by atomic mass is 10.0. The molecule has 5 heteroatoms. The summed E-state index contributed by atoms with van der Waals surface area (Å²) in [5, 5.41) is 3.67. The molecule has 0 aliphatic carbocycles. The topological polar surface area (TPSA) is 70.5 Å². The number of anilines is 1. The van der Waals surface area contributed by atoms with Crippen LogP contribution in [0.25, 0.3) is 11.3 Å². The highest BCUT2D eigenvalue weighted by atomic mass is 16.5. The quantitative estimate of drug-likeness (QED) is 0.900. The van der Waals surface area contributed by atoms with Crippen LogP contribution in [0.2, 0.25) is 0 Å². The molecule has 1 aromatic carbocycles. The van der Waals surface area contributed by atoms with Crippen molar-refractivity contribution in [1.29, 1.82) is 0 Å². The minimum Gasteiger partial charge on any atom is -0.496 e. The third-order valence-corrected chi connectivity index (χ3v) is 2.78. The smallest absolute Gasteiger partial charge is 0.172 e. The molecule has 0 saturated heterocycles. The monoisotopic (exact) mass is 248 g/mol. The number of rotatable bonds is 4. The fraction of sp³-hybridized carbons (Fsp3) is 0.308. The third-order valence-electron chi connectivity index (χ3n) is 2.78.